The fourth-order valence-corrected chi connectivity index (χ4v) is 3.44. The maximum Gasteiger partial charge on any atom is 0.133 e. The Bertz CT molecular complexity index is 606. The molecule has 1 aromatic heterocycles. The first-order valence-corrected chi connectivity index (χ1v) is 6.51. The van der Waals surface area contributed by atoms with Crippen molar-refractivity contribution in [2.24, 2.45) is 7.05 Å². The fraction of sp³-hybridized carbons (Fsp3) is 0.308. The summed E-state index contributed by atoms with van der Waals surface area (Å²) in [7, 11) is 1.77. The second-order valence-electron chi connectivity index (χ2n) is 4.59. The third-order valence-electron chi connectivity index (χ3n) is 3.59. The van der Waals surface area contributed by atoms with Crippen LogP contribution in [-0.2, 0) is 19.1 Å². The van der Waals surface area contributed by atoms with E-state index >= 15 is 0 Å². The van der Waals surface area contributed by atoms with Gasteiger partial charge < -0.3 is 5.11 Å². The van der Waals surface area contributed by atoms with Gasteiger partial charge in [-0.1, -0.05) is 12.1 Å². The molecule has 0 saturated carbocycles. The topological polar surface area (TPSA) is 38.0 Å². The Morgan fingerprint density at radius 1 is 1.50 bits per heavy atom. The first-order chi connectivity index (χ1) is 8.54. The van der Waals surface area contributed by atoms with E-state index in [1.807, 2.05) is 0 Å². The van der Waals surface area contributed by atoms with Crippen molar-refractivity contribution in [1.82, 2.24) is 9.78 Å². The molecule has 1 heterocycles. The van der Waals surface area contributed by atoms with Gasteiger partial charge >= 0.3 is 0 Å². The molecule has 1 N–H and O–H groups in total. The minimum Gasteiger partial charge on any atom is -0.379 e. The third kappa shape index (κ3) is 1.47. The summed E-state index contributed by atoms with van der Waals surface area (Å²) in [6.07, 6.45) is 2.65. The Labute approximate surface area is 112 Å². The summed E-state index contributed by atoms with van der Waals surface area (Å²) in [5.41, 5.74) is 0.758. The molecule has 0 saturated heterocycles. The van der Waals surface area contributed by atoms with Crippen molar-refractivity contribution in [2.45, 2.75) is 18.4 Å². The summed E-state index contributed by atoms with van der Waals surface area (Å²) in [5, 5.41) is 15.0. The summed E-state index contributed by atoms with van der Waals surface area (Å²) in [5.74, 6) is -0.248. The average Bonchev–Trinajstić information content (AvgIpc) is 2.83. The normalized spacial score (nSPS) is 22.2. The Morgan fingerprint density at radius 2 is 2.28 bits per heavy atom. The van der Waals surface area contributed by atoms with Crippen molar-refractivity contribution in [1.29, 1.82) is 0 Å². The molecule has 1 atom stereocenters. The number of hydrogen-bond donors (Lipinski definition) is 1. The number of aryl methyl sites for hydroxylation is 1. The molecule has 94 valence electrons. The van der Waals surface area contributed by atoms with E-state index in [4.69, 9.17) is 0 Å². The van der Waals surface area contributed by atoms with Crippen LogP contribution in [0.1, 0.15) is 23.2 Å². The van der Waals surface area contributed by atoms with Gasteiger partial charge in [-0.3, -0.25) is 4.68 Å². The van der Waals surface area contributed by atoms with Crippen molar-refractivity contribution in [3.05, 3.63) is 51.5 Å². The van der Waals surface area contributed by atoms with E-state index < -0.39 is 5.60 Å². The minimum atomic E-state index is -1.17. The molecule has 5 heteroatoms. The zero-order chi connectivity index (χ0) is 12.9. The van der Waals surface area contributed by atoms with E-state index in [9.17, 15) is 9.50 Å². The SMILES string of the molecule is Cn1ncc(Br)c1C1(O)CCc2c(F)cccc21. The number of benzene rings is 1. The number of aliphatic hydroxyl groups is 1. The molecule has 1 aromatic carbocycles. The van der Waals surface area contributed by atoms with E-state index in [-0.39, 0.29) is 5.82 Å². The van der Waals surface area contributed by atoms with Crippen LogP contribution in [0.3, 0.4) is 0 Å². The highest BCUT2D eigenvalue weighted by atomic mass is 79.9. The maximum absolute atomic E-state index is 13.7. The van der Waals surface area contributed by atoms with Gasteiger partial charge in [0.2, 0.25) is 0 Å². The lowest BCUT2D eigenvalue weighted by Gasteiger charge is -2.25. The van der Waals surface area contributed by atoms with Crippen LogP contribution in [0, 0.1) is 5.82 Å². The van der Waals surface area contributed by atoms with Gasteiger partial charge in [0.05, 0.1) is 16.4 Å². The molecular formula is C13H12BrFN2O. The summed E-state index contributed by atoms with van der Waals surface area (Å²) >= 11 is 3.40. The monoisotopic (exact) mass is 310 g/mol. The maximum atomic E-state index is 13.7. The molecule has 1 aliphatic rings. The standard InChI is InChI=1S/C13H12BrFN2O/c1-17-12(10(14)7-16-17)13(18)6-5-8-9(13)3-2-4-11(8)15/h2-4,7,18H,5-6H2,1H3. The van der Waals surface area contributed by atoms with Gasteiger partial charge in [0.1, 0.15) is 11.4 Å². The van der Waals surface area contributed by atoms with Gasteiger partial charge in [-0.05, 0) is 46.0 Å². The highest BCUT2D eigenvalue weighted by Crippen LogP contribution is 2.44. The minimum absolute atomic E-state index is 0.248. The van der Waals surface area contributed by atoms with Crippen LogP contribution >= 0.6 is 15.9 Å². The van der Waals surface area contributed by atoms with Crippen LogP contribution in [-0.4, -0.2) is 14.9 Å². The van der Waals surface area contributed by atoms with Gasteiger partial charge in [-0.25, -0.2) is 4.39 Å². The third-order valence-corrected chi connectivity index (χ3v) is 4.17. The molecule has 3 rings (SSSR count). The van der Waals surface area contributed by atoms with E-state index in [0.29, 0.717) is 29.7 Å². The number of halogens is 2. The van der Waals surface area contributed by atoms with E-state index in [2.05, 4.69) is 21.0 Å². The van der Waals surface area contributed by atoms with Crippen LogP contribution in [0.2, 0.25) is 0 Å². The summed E-state index contributed by atoms with van der Waals surface area (Å²) in [6.45, 7) is 0. The number of nitrogens with zero attached hydrogens (tertiary/aromatic N) is 2. The molecule has 18 heavy (non-hydrogen) atoms. The van der Waals surface area contributed by atoms with E-state index in [1.165, 1.54) is 6.07 Å². The van der Waals surface area contributed by atoms with E-state index in [1.54, 1.807) is 30.1 Å². The molecule has 1 aliphatic carbocycles. The largest absolute Gasteiger partial charge is 0.379 e. The van der Waals surface area contributed by atoms with Crippen LogP contribution < -0.4 is 0 Å². The van der Waals surface area contributed by atoms with Gasteiger partial charge in [-0.2, -0.15) is 5.10 Å². The first kappa shape index (κ1) is 11.9. The van der Waals surface area contributed by atoms with Gasteiger partial charge in [0.15, 0.2) is 0 Å². The fourth-order valence-electron chi connectivity index (χ4n) is 2.76. The van der Waals surface area contributed by atoms with Crippen molar-refractivity contribution in [2.75, 3.05) is 0 Å². The lowest BCUT2D eigenvalue weighted by atomic mass is 9.92. The molecule has 0 bridgehead atoms. The first-order valence-electron chi connectivity index (χ1n) is 5.72. The zero-order valence-electron chi connectivity index (χ0n) is 9.82. The van der Waals surface area contributed by atoms with Crippen LogP contribution in [0.15, 0.2) is 28.9 Å². The summed E-state index contributed by atoms with van der Waals surface area (Å²) < 4.78 is 16.1. The molecule has 1 unspecified atom stereocenters. The molecule has 0 fully saturated rings. The van der Waals surface area contributed by atoms with Crippen LogP contribution in [0.25, 0.3) is 0 Å². The molecule has 0 radical (unpaired) electrons. The van der Waals surface area contributed by atoms with Crippen molar-refractivity contribution < 1.29 is 9.50 Å². The Hall–Kier alpha value is -1.20. The molecular weight excluding hydrogens is 299 g/mol. The van der Waals surface area contributed by atoms with Crippen LogP contribution in [0.5, 0.6) is 0 Å². The van der Waals surface area contributed by atoms with E-state index in [0.717, 1.165) is 4.47 Å². The Morgan fingerprint density at radius 3 is 2.94 bits per heavy atom. The molecule has 3 nitrogen and oxygen atoms in total. The molecule has 0 spiro atoms. The predicted molar refractivity (Wildman–Crippen MR) is 68.6 cm³/mol. The second kappa shape index (κ2) is 3.90. The van der Waals surface area contributed by atoms with Gasteiger partial charge in [0, 0.05) is 7.05 Å². The summed E-state index contributed by atoms with van der Waals surface area (Å²) in [6, 6.07) is 4.85. The number of hydrogen-bond acceptors (Lipinski definition) is 2. The molecule has 0 aliphatic heterocycles. The Kier molecular flexibility index (Phi) is 2.57. The van der Waals surface area contributed by atoms with Crippen LogP contribution in [0.4, 0.5) is 4.39 Å². The number of rotatable bonds is 1. The Balaban J connectivity index is 2.24. The highest BCUT2D eigenvalue weighted by Gasteiger charge is 2.42. The van der Waals surface area contributed by atoms with Crippen molar-refractivity contribution in [3.63, 3.8) is 0 Å². The highest BCUT2D eigenvalue weighted by molar-refractivity contribution is 9.10. The van der Waals surface area contributed by atoms with Crippen molar-refractivity contribution >= 4 is 15.9 Å². The van der Waals surface area contributed by atoms with Crippen molar-refractivity contribution in [3.8, 4) is 0 Å². The summed E-state index contributed by atoms with van der Waals surface area (Å²) in [4.78, 5) is 0. The molecule has 2 aromatic rings. The van der Waals surface area contributed by atoms with Gasteiger partial charge in [0.25, 0.3) is 0 Å². The quantitative estimate of drug-likeness (QED) is 0.879. The lowest BCUT2D eigenvalue weighted by molar-refractivity contribution is 0.0732. The average molecular weight is 311 g/mol. The van der Waals surface area contributed by atoms with Gasteiger partial charge in [-0.15, -0.1) is 0 Å². The molecule has 0 amide bonds. The smallest absolute Gasteiger partial charge is 0.133 e. The predicted octanol–water partition coefficient (Wildman–Crippen LogP) is 2.50. The zero-order valence-corrected chi connectivity index (χ0v) is 11.4. The number of fused-ring (bicyclic) bond motifs is 1. The number of aromatic nitrogens is 2. The lowest BCUT2D eigenvalue weighted by Crippen LogP contribution is -2.27. The second-order valence-corrected chi connectivity index (χ2v) is 5.45.